The number of rotatable bonds is 4. The van der Waals surface area contributed by atoms with Gasteiger partial charge in [-0.25, -0.2) is 0 Å². The Bertz CT molecular complexity index is 585. The average molecular weight is 253 g/mol. The first-order chi connectivity index (χ1) is 9.37. The number of anilines is 1. The number of likely N-dealkylation sites (tertiary alicyclic amines) is 1. The molecule has 0 spiro atoms. The zero-order chi connectivity index (χ0) is 12.7. The standard InChI is InChI=1S/C16H19N3/c1-2-12(1)9-19-10-16(11-19)18-15-4-3-14-8-17-6-5-13(14)7-15/h3-8,12,16,18H,1-2,9-11H2. The summed E-state index contributed by atoms with van der Waals surface area (Å²) in [7, 11) is 0. The van der Waals surface area contributed by atoms with Gasteiger partial charge >= 0.3 is 0 Å². The van der Waals surface area contributed by atoms with Crippen LogP contribution in [-0.4, -0.2) is 35.6 Å². The summed E-state index contributed by atoms with van der Waals surface area (Å²) in [4.78, 5) is 6.72. The Labute approximate surface area is 113 Å². The van der Waals surface area contributed by atoms with Crippen molar-refractivity contribution in [1.29, 1.82) is 0 Å². The number of hydrogen-bond acceptors (Lipinski definition) is 3. The summed E-state index contributed by atoms with van der Waals surface area (Å²) in [6, 6.07) is 9.22. The first-order valence-corrected chi connectivity index (χ1v) is 7.19. The second kappa shape index (κ2) is 4.49. The fourth-order valence-corrected chi connectivity index (χ4v) is 2.88. The maximum Gasteiger partial charge on any atom is 0.0515 e. The van der Waals surface area contributed by atoms with Crippen molar-refractivity contribution in [3.8, 4) is 0 Å². The summed E-state index contributed by atoms with van der Waals surface area (Å²) in [6.45, 7) is 3.72. The van der Waals surface area contributed by atoms with Gasteiger partial charge in [0.1, 0.15) is 0 Å². The van der Waals surface area contributed by atoms with Gasteiger partial charge in [0.25, 0.3) is 0 Å². The van der Waals surface area contributed by atoms with Gasteiger partial charge in [0.05, 0.1) is 6.04 Å². The number of fused-ring (bicyclic) bond motifs is 1. The average Bonchev–Trinajstić information content (AvgIpc) is 3.20. The van der Waals surface area contributed by atoms with Crippen LogP contribution in [0.5, 0.6) is 0 Å². The van der Waals surface area contributed by atoms with Gasteiger partial charge in [-0.1, -0.05) is 6.07 Å². The van der Waals surface area contributed by atoms with Gasteiger partial charge in [0, 0.05) is 43.1 Å². The van der Waals surface area contributed by atoms with Crippen molar-refractivity contribution in [2.45, 2.75) is 18.9 Å². The molecule has 0 radical (unpaired) electrons. The molecule has 0 unspecified atom stereocenters. The van der Waals surface area contributed by atoms with Crippen molar-refractivity contribution in [3.05, 3.63) is 36.7 Å². The third-order valence-corrected chi connectivity index (χ3v) is 4.18. The van der Waals surface area contributed by atoms with E-state index in [0.29, 0.717) is 6.04 Å². The Morgan fingerprint density at radius 1 is 1.16 bits per heavy atom. The van der Waals surface area contributed by atoms with Crippen molar-refractivity contribution >= 4 is 16.5 Å². The van der Waals surface area contributed by atoms with Crippen LogP contribution < -0.4 is 5.32 Å². The molecule has 1 aliphatic carbocycles. The lowest BCUT2D eigenvalue weighted by molar-refractivity contribution is 0.155. The van der Waals surface area contributed by atoms with Crippen LogP contribution in [0.3, 0.4) is 0 Å². The van der Waals surface area contributed by atoms with E-state index in [2.05, 4.69) is 39.5 Å². The molecular formula is C16H19N3. The van der Waals surface area contributed by atoms with E-state index < -0.39 is 0 Å². The molecule has 1 saturated heterocycles. The predicted molar refractivity (Wildman–Crippen MR) is 78.3 cm³/mol. The Kier molecular flexibility index (Phi) is 2.66. The number of pyridine rings is 1. The third kappa shape index (κ3) is 2.43. The molecule has 0 atom stereocenters. The van der Waals surface area contributed by atoms with Gasteiger partial charge in [-0.15, -0.1) is 0 Å². The van der Waals surface area contributed by atoms with Crippen LogP contribution in [0, 0.1) is 5.92 Å². The summed E-state index contributed by atoms with van der Waals surface area (Å²) < 4.78 is 0. The van der Waals surface area contributed by atoms with Crippen LogP contribution in [0.25, 0.3) is 10.8 Å². The first-order valence-electron chi connectivity index (χ1n) is 7.19. The molecule has 2 heterocycles. The number of hydrogen-bond donors (Lipinski definition) is 1. The van der Waals surface area contributed by atoms with Crippen LogP contribution >= 0.6 is 0 Å². The van der Waals surface area contributed by atoms with E-state index in [-0.39, 0.29) is 0 Å². The maximum atomic E-state index is 4.15. The van der Waals surface area contributed by atoms with Crippen molar-refractivity contribution < 1.29 is 0 Å². The molecule has 3 nitrogen and oxygen atoms in total. The summed E-state index contributed by atoms with van der Waals surface area (Å²) in [5, 5.41) is 6.10. The third-order valence-electron chi connectivity index (χ3n) is 4.18. The highest BCUT2D eigenvalue weighted by molar-refractivity contribution is 5.84. The molecule has 3 heteroatoms. The van der Waals surface area contributed by atoms with Crippen LogP contribution in [0.15, 0.2) is 36.7 Å². The lowest BCUT2D eigenvalue weighted by Crippen LogP contribution is -2.55. The van der Waals surface area contributed by atoms with Gasteiger partial charge in [-0.05, 0) is 42.3 Å². The largest absolute Gasteiger partial charge is 0.380 e. The minimum Gasteiger partial charge on any atom is -0.380 e. The van der Waals surface area contributed by atoms with Crippen LogP contribution in [0.1, 0.15) is 12.8 Å². The van der Waals surface area contributed by atoms with Gasteiger partial charge in [-0.2, -0.15) is 0 Å². The molecule has 0 amide bonds. The summed E-state index contributed by atoms with van der Waals surface area (Å²) in [6.07, 6.45) is 6.67. The molecule has 2 aromatic rings. The topological polar surface area (TPSA) is 28.2 Å². The maximum absolute atomic E-state index is 4.15. The molecule has 19 heavy (non-hydrogen) atoms. The zero-order valence-corrected chi connectivity index (χ0v) is 11.0. The summed E-state index contributed by atoms with van der Waals surface area (Å²) in [5.41, 5.74) is 1.23. The van der Waals surface area contributed by atoms with Crippen LogP contribution in [0.4, 0.5) is 5.69 Å². The van der Waals surface area contributed by atoms with Crippen LogP contribution in [0.2, 0.25) is 0 Å². The predicted octanol–water partition coefficient (Wildman–Crippen LogP) is 2.74. The van der Waals surface area contributed by atoms with Gasteiger partial charge in [-0.3, -0.25) is 9.88 Å². The number of nitrogens with zero attached hydrogens (tertiary/aromatic N) is 2. The normalized spacial score (nSPS) is 20.4. The number of nitrogens with one attached hydrogen (secondary N) is 1. The SMILES string of the molecule is c1cc2cc(NC3CN(CC4CC4)C3)ccc2cn1. The molecule has 98 valence electrons. The molecule has 1 aliphatic heterocycles. The molecular weight excluding hydrogens is 234 g/mol. The minimum absolute atomic E-state index is 0.623. The second-order valence-corrected chi connectivity index (χ2v) is 5.94. The van der Waals surface area contributed by atoms with Gasteiger partial charge in [0.15, 0.2) is 0 Å². The fraction of sp³-hybridized carbons (Fsp3) is 0.438. The lowest BCUT2D eigenvalue weighted by atomic mass is 10.1. The number of benzene rings is 1. The monoisotopic (exact) mass is 253 g/mol. The minimum atomic E-state index is 0.623. The molecule has 0 bridgehead atoms. The highest BCUT2D eigenvalue weighted by Crippen LogP contribution is 2.31. The van der Waals surface area contributed by atoms with E-state index in [1.54, 1.807) is 0 Å². The van der Waals surface area contributed by atoms with E-state index in [1.807, 2.05) is 12.4 Å². The van der Waals surface area contributed by atoms with Crippen molar-refractivity contribution in [2.24, 2.45) is 5.92 Å². The van der Waals surface area contributed by atoms with E-state index >= 15 is 0 Å². The molecule has 4 rings (SSSR count). The van der Waals surface area contributed by atoms with E-state index in [1.165, 1.54) is 48.9 Å². The molecule has 1 saturated carbocycles. The van der Waals surface area contributed by atoms with Crippen molar-refractivity contribution in [3.63, 3.8) is 0 Å². The summed E-state index contributed by atoms with van der Waals surface area (Å²) >= 11 is 0. The molecule has 1 aromatic carbocycles. The van der Waals surface area contributed by atoms with Crippen molar-refractivity contribution in [1.82, 2.24) is 9.88 Å². The highest BCUT2D eigenvalue weighted by atomic mass is 15.2. The Balaban J connectivity index is 1.39. The quantitative estimate of drug-likeness (QED) is 0.908. The van der Waals surface area contributed by atoms with Crippen LogP contribution in [-0.2, 0) is 0 Å². The Hall–Kier alpha value is -1.61. The fourth-order valence-electron chi connectivity index (χ4n) is 2.88. The number of aromatic nitrogens is 1. The van der Waals surface area contributed by atoms with Crippen molar-refractivity contribution in [2.75, 3.05) is 25.0 Å². The lowest BCUT2D eigenvalue weighted by Gasteiger charge is -2.40. The van der Waals surface area contributed by atoms with E-state index in [0.717, 1.165) is 5.92 Å². The molecule has 1 N–H and O–H groups in total. The molecule has 2 fully saturated rings. The summed E-state index contributed by atoms with van der Waals surface area (Å²) in [5.74, 6) is 1.01. The van der Waals surface area contributed by atoms with E-state index in [4.69, 9.17) is 0 Å². The smallest absolute Gasteiger partial charge is 0.0515 e. The highest BCUT2D eigenvalue weighted by Gasteiger charge is 2.31. The Morgan fingerprint density at radius 3 is 2.89 bits per heavy atom. The second-order valence-electron chi connectivity index (χ2n) is 5.94. The molecule has 2 aliphatic rings. The van der Waals surface area contributed by atoms with Gasteiger partial charge < -0.3 is 5.32 Å². The molecule has 1 aromatic heterocycles. The first kappa shape index (κ1) is 11.2. The van der Waals surface area contributed by atoms with E-state index in [9.17, 15) is 0 Å². The Morgan fingerprint density at radius 2 is 2.05 bits per heavy atom. The zero-order valence-electron chi connectivity index (χ0n) is 11.0. The van der Waals surface area contributed by atoms with Gasteiger partial charge in [0.2, 0.25) is 0 Å².